The van der Waals surface area contributed by atoms with Gasteiger partial charge >= 0.3 is 5.97 Å². The van der Waals surface area contributed by atoms with Crippen molar-refractivity contribution >= 4 is 17.7 Å². The average Bonchev–Trinajstić information content (AvgIpc) is 2.87. The summed E-state index contributed by atoms with van der Waals surface area (Å²) in [5.74, 6) is 1.27. The van der Waals surface area contributed by atoms with Crippen LogP contribution in [0.3, 0.4) is 0 Å². The minimum atomic E-state index is -0.509. The number of esters is 1. The number of carbonyl (C=O) groups excluding carboxylic acids is 1. The van der Waals surface area contributed by atoms with Crippen molar-refractivity contribution in [2.45, 2.75) is 31.3 Å². The summed E-state index contributed by atoms with van der Waals surface area (Å²) >= 11 is 1.62. The summed E-state index contributed by atoms with van der Waals surface area (Å²) in [5.41, 5.74) is 0. The highest BCUT2D eigenvalue weighted by Gasteiger charge is 2.17. The van der Waals surface area contributed by atoms with Crippen molar-refractivity contribution in [3.63, 3.8) is 0 Å². The Kier molecular flexibility index (Phi) is 5.17. The number of nitrogens with zero attached hydrogens (tertiary/aromatic N) is 2. The van der Waals surface area contributed by atoms with Crippen molar-refractivity contribution in [1.82, 2.24) is 10.1 Å². The third-order valence-electron chi connectivity index (χ3n) is 2.52. The van der Waals surface area contributed by atoms with E-state index in [9.17, 15) is 4.79 Å². The Labute approximate surface area is 121 Å². The summed E-state index contributed by atoms with van der Waals surface area (Å²) < 4.78 is 10.2. The zero-order valence-corrected chi connectivity index (χ0v) is 12.2. The van der Waals surface area contributed by atoms with Gasteiger partial charge < -0.3 is 9.26 Å². The van der Waals surface area contributed by atoms with Crippen molar-refractivity contribution in [1.29, 1.82) is 0 Å². The van der Waals surface area contributed by atoms with Gasteiger partial charge in [-0.2, -0.15) is 4.98 Å². The molecule has 0 N–H and O–H groups in total. The van der Waals surface area contributed by atoms with E-state index in [0.717, 1.165) is 4.90 Å². The fourth-order valence-electron chi connectivity index (χ4n) is 1.55. The van der Waals surface area contributed by atoms with Crippen LogP contribution in [0.2, 0.25) is 0 Å². The Hall–Kier alpha value is -1.82. The van der Waals surface area contributed by atoms with E-state index < -0.39 is 6.10 Å². The monoisotopic (exact) mass is 292 g/mol. The Morgan fingerprint density at radius 1 is 1.40 bits per heavy atom. The number of aromatic nitrogens is 2. The smallest absolute Gasteiger partial charge is 0.307 e. The van der Waals surface area contributed by atoms with Gasteiger partial charge in [-0.15, -0.1) is 11.8 Å². The second-order valence-electron chi connectivity index (χ2n) is 4.22. The molecule has 1 unspecified atom stereocenters. The minimum absolute atomic E-state index is 0.267. The van der Waals surface area contributed by atoms with Crippen LogP contribution in [0.4, 0.5) is 0 Å². The maximum absolute atomic E-state index is 11.7. The van der Waals surface area contributed by atoms with Crippen molar-refractivity contribution < 1.29 is 14.1 Å². The number of hydrogen-bond acceptors (Lipinski definition) is 6. The van der Waals surface area contributed by atoms with Crippen LogP contribution in [-0.4, -0.2) is 21.9 Å². The molecule has 0 saturated heterocycles. The summed E-state index contributed by atoms with van der Waals surface area (Å²) in [6.07, 6.45) is -0.165. The van der Waals surface area contributed by atoms with E-state index in [1.54, 1.807) is 25.6 Å². The van der Waals surface area contributed by atoms with E-state index in [4.69, 9.17) is 9.26 Å². The highest BCUT2D eigenvalue weighted by atomic mass is 32.2. The van der Waals surface area contributed by atoms with Crippen LogP contribution >= 0.6 is 11.8 Å². The highest BCUT2D eigenvalue weighted by molar-refractivity contribution is 7.99. The summed E-state index contributed by atoms with van der Waals surface area (Å²) in [7, 11) is 0. The van der Waals surface area contributed by atoms with Crippen molar-refractivity contribution in [3.8, 4) is 0 Å². The molecule has 0 aliphatic heterocycles. The van der Waals surface area contributed by atoms with Crippen molar-refractivity contribution in [3.05, 3.63) is 42.0 Å². The third kappa shape index (κ3) is 4.38. The van der Waals surface area contributed by atoms with E-state index in [1.807, 2.05) is 30.3 Å². The lowest BCUT2D eigenvalue weighted by Crippen LogP contribution is -2.09. The topological polar surface area (TPSA) is 65.2 Å². The first kappa shape index (κ1) is 14.6. The first-order valence-electron chi connectivity index (χ1n) is 6.32. The molecule has 1 aromatic heterocycles. The van der Waals surface area contributed by atoms with E-state index >= 15 is 0 Å². The van der Waals surface area contributed by atoms with E-state index in [2.05, 4.69) is 10.1 Å². The first-order valence-corrected chi connectivity index (χ1v) is 7.31. The van der Waals surface area contributed by atoms with E-state index in [-0.39, 0.29) is 5.97 Å². The third-order valence-corrected chi connectivity index (χ3v) is 3.53. The van der Waals surface area contributed by atoms with Crippen molar-refractivity contribution in [2.24, 2.45) is 0 Å². The van der Waals surface area contributed by atoms with E-state index in [0.29, 0.717) is 23.9 Å². The first-order chi connectivity index (χ1) is 9.65. The fraction of sp³-hybridized carbons (Fsp3) is 0.357. The largest absolute Gasteiger partial charge is 0.453 e. The van der Waals surface area contributed by atoms with Crippen LogP contribution in [0.1, 0.15) is 31.2 Å². The predicted octanol–water partition coefficient (Wildman–Crippen LogP) is 3.16. The van der Waals surface area contributed by atoms with E-state index in [1.165, 1.54) is 0 Å². The van der Waals surface area contributed by atoms with Crippen LogP contribution in [0, 0.1) is 6.92 Å². The molecule has 0 fully saturated rings. The van der Waals surface area contributed by atoms with Gasteiger partial charge in [0.15, 0.2) is 11.9 Å². The molecule has 1 heterocycles. The van der Waals surface area contributed by atoms with Crippen LogP contribution in [-0.2, 0) is 9.53 Å². The summed E-state index contributed by atoms with van der Waals surface area (Å²) in [5, 5.41) is 3.67. The number of aryl methyl sites for hydroxylation is 1. The average molecular weight is 292 g/mol. The standard InChI is InChI=1S/C14H16N2O3S/c1-10(14-15-11(2)16-19-14)18-13(17)8-9-20-12-6-4-3-5-7-12/h3-7,10H,8-9H2,1-2H3. The molecule has 2 rings (SSSR count). The Morgan fingerprint density at radius 3 is 2.80 bits per heavy atom. The van der Waals surface area contributed by atoms with Crippen LogP contribution in [0.15, 0.2) is 39.8 Å². The molecule has 1 atom stereocenters. The predicted molar refractivity (Wildman–Crippen MR) is 75.3 cm³/mol. The van der Waals surface area contributed by atoms with Gasteiger partial charge in [0.25, 0.3) is 5.89 Å². The summed E-state index contributed by atoms with van der Waals surface area (Å²) in [4.78, 5) is 16.9. The molecule has 0 spiro atoms. The molecular weight excluding hydrogens is 276 g/mol. The minimum Gasteiger partial charge on any atom is -0.453 e. The zero-order valence-electron chi connectivity index (χ0n) is 11.4. The second-order valence-corrected chi connectivity index (χ2v) is 5.39. The number of thioether (sulfide) groups is 1. The molecule has 2 aromatic rings. The summed E-state index contributed by atoms with van der Waals surface area (Å²) in [6, 6.07) is 9.94. The van der Waals surface area contributed by atoms with Gasteiger partial charge in [-0.05, 0) is 26.0 Å². The Morgan fingerprint density at radius 2 is 2.15 bits per heavy atom. The van der Waals surface area contributed by atoms with Crippen LogP contribution < -0.4 is 0 Å². The molecule has 5 nitrogen and oxygen atoms in total. The maximum Gasteiger partial charge on any atom is 0.307 e. The molecule has 0 bridgehead atoms. The lowest BCUT2D eigenvalue weighted by Gasteiger charge is -2.08. The molecule has 0 amide bonds. The normalized spacial score (nSPS) is 12.1. The molecule has 0 radical (unpaired) electrons. The lowest BCUT2D eigenvalue weighted by atomic mass is 10.4. The molecule has 0 aliphatic carbocycles. The number of rotatable bonds is 6. The SMILES string of the molecule is Cc1noc(C(C)OC(=O)CCSc2ccccc2)n1. The molecular formula is C14H16N2O3S. The van der Waals surface area contributed by atoms with Gasteiger partial charge in [-0.1, -0.05) is 23.4 Å². The van der Waals surface area contributed by atoms with Gasteiger partial charge in [-0.25, -0.2) is 0 Å². The Bertz CT molecular complexity index is 557. The quantitative estimate of drug-likeness (QED) is 0.602. The van der Waals surface area contributed by atoms with Gasteiger partial charge in [-0.3, -0.25) is 4.79 Å². The van der Waals surface area contributed by atoms with Gasteiger partial charge in [0.05, 0.1) is 6.42 Å². The van der Waals surface area contributed by atoms with Crippen LogP contribution in [0.5, 0.6) is 0 Å². The Balaban J connectivity index is 1.73. The molecule has 6 heteroatoms. The number of hydrogen-bond donors (Lipinski definition) is 0. The number of ether oxygens (including phenoxy) is 1. The molecule has 1 aromatic carbocycles. The van der Waals surface area contributed by atoms with Gasteiger partial charge in [0, 0.05) is 10.6 Å². The van der Waals surface area contributed by atoms with Gasteiger partial charge in [0.2, 0.25) is 0 Å². The van der Waals surface area contributed by atoms with Crippen LogP contribution in [0.25, 0.3) is 0 Å². The van der Waals surface area contributed by atoms with Crippen molar-refractivity contribution in [2.75, 3.05) is 5.75 Å². The zero-order chi connectivity index (χ0) is 14.4. The molecule has 106 valence electrons. The number of carbonyl (C=O) groups is 1. The molecule has 20 heavy (non-hydrogen) atoms. The molecule has 0 aliphatic rings. The summed E-state index contributed by atoms with van der Waals surface area (Å²) in [6.45, 7) is 3.44. The second kappa shape index (κ2) is 7.09. The highest BCUT2D eigenvalue weighted by Crippen LogP contribution is 2.19. The number of benzene rings is 1. The fourth-order valence-corrected chi connectivity index (χ4v) is 2.41. The molecule has 0 saturated carbocycles. The maximum atomic E-state index is 11.7. The lowest BCUT2D eigenvalue weighted by molar-refractivity contribution is -0.149. The van der Waals surface area contributed by atoms with Gasteiger partial charge in [0.1, 0.15) is 0 Å².